The van der Waals surface area contributed by atoms with E-state index in [4.69, 9.17) is 15.2 Å². The number of carboxylic acid groups (broad SMARTS) is 1. The molecule has 1 aromatic heterocycles. The molecule has 1 aliphatic heterocycles. The topological polar surface area (TPSA) is 185 Å². The van der Waals surface area contributed by atoms with Gasteiger partial charge in [0.05, 0.1) is 11.5 Å². The molecule has 0 saturated carbocycles. The Morgan fingerprint density at radius 1 is 1.45 bits per heavy atom. The molecule has 12 nitrogen and oxygen atoms in total. The van der Waals surface area contributed by atoms with Crippen LogP contribution in [0, 0.1) is 0 Å². The van der Waals surface area contributed by atoms with Gasteiger partial charge in [-0.15, -0.1) is 11.3 Å². The van der Waals surface area contributed by atoms with Gasteiger partial charge in [-0.25, -0.2) is 9.78 Å². The predicted molar refractivity (Wildman–Crippen MR) is 111 cm³/mol. The SMILES string of the molecule is CNC(=O)CO/N=C(\C(=O)N[C@H]1Cc2cccc(C(=O)O)c2OB1O)c1csc(N)n1. The van der Waals surface area contributed by atoms with Gasteiger partial charge in [0.15, 0.2) is 17.5 Å². The number of anilines is 1. The Labute approximate surface area is 180 Å². The van der Waals surface area contributed by atoms with Crippen LogP contribution in [0.3, 0.4) is 0 Å². The summed E-state index contributed by atoms with van der Waals surface area (Å²) >= 11 is 1.08. The largest absolute Gasteiger partial charge is 0.547 e. The number of nitrogen functional groups attached to an aromatic ring is 1. The summed E-state index contributed by atoms with van der Waals surface area (Å²) in [7, 11) is -0.0899. The van der Waals surface area contributed by atoms with Gasteiger partial charge in [-0.1, -0.05) is 17.3 Å². The molecule has 2 heterocycles. The number of aromatic nitrogens is 1. The quantitative estimate of drug-likeness (QED) is 0.202. The number of rotatable bonds is 7. The summed E-state index contributed by atoms with van der Waals surface area (Å²) in [4.78, 5) is 44.4. The van der Waals surface area contributed by atoms with Crippen LogP contribution in [0.1, 0.15) is 21.6 Å². The Morgan fingerprint density at radius 3 is 2.87 bits per heavy atom. The van der Waals surface area contributed by atoms with E-state index in [-0.39, 0.29) is 34.3 Å². The minimum Gasteiger partial charge on any atom is -0.534 e. The van der Waals surface area contributed by atoms with E-state index in [1.165, 1.54) is 18.5 Å². The zero-order valence-electron chi connectivity index (χ0n) is 16.2. The molecule has 31 heavy (non-hydrogen) atoms. The number of carbonyl (C=O) groups is 3. The third-order valence-electron chi connectivity index (χ3n) is 4.28. The number of hydrogen-bond acceptors (Lipinski definition) is 10. The summed E-state index contributed by atoms with van der Waals surface area (Å²) in [5.74, 6) is -3.28. The maximum Gasteiger partial charge on any atom is 0.547 e. The van der Waals surface area contributed by atoms with E-state index in [0.717, 1.165) is 11.3 Å². The minimum absolute atomic E-state index is 0.0445. The van der Waals surface area contributed by atoms with E-state index in [2.05, 4.69) is 20.8 Å². The number of para-hydroxylation sites is 1. The van der Waals surface area contributed by atoms with Gasteiger partial charge in [0.1, 0.15) is 11.4 Å². The number of carboxylic acids is 1. The van der Waals surface area contributed by atoms with Crippen molar-refractivity contribution in [3.05, 3.63) is 40.4 Å². The number of nitrogens with one attached hydrogen (secondary N) is 2. The Hall–Kier alpha value is -3.65. The molecular formula is C17H18BN5O7S. The molecule has 2 amide bonds. The lowest BCUT2D eigenvalue weighted by molar-refractivity contribution is -0.125. The molecule has 1 aliphatic rings. The first kappa shape index (κ1) is 22.0. The Balaban J connectivity index is 1.79. The van der Waals surface area contributed by atoms with Crippen LogP contribution in [0.15, 0.2) is 28.7 Å². The van der Waals surface area contributed by atoms with E-state index in [0.29, 0.717) is 5.56 Å². The van der Waals surface area contributed by atoms with Gasteiger partial charge in [-0.3, -0.25) is 9.59 Å². The summed E-state index contributed by atoms with van der Waals surface area (Å²) in [6.07, 6.45) is 0.106. The van der Waals surface area contributed by atoms with Crippen LogP contribution < -0.4 is 21.0 Å². The average molecular weight is 447 g/mol. The zero-order valence-corrected chi connectivity index (χ0v) is 17.0. The number of benzene rings is 1. The van der Waals surface area contributed by atoms with Gasteiger partial charge in [0.25, 0.3) is 11.8 Å². The highest BCUT2D eigenvalue weighted by Gasteiger charge is 2.38. The second-order valence-corrected chi connectivity index (χ2v) is 7.24. The van der Waals surface area contributed by atoms with Crippen LogP contribution in [0.4, 0.5) is 5.13 Å². The van der Waals surface area contributed by atoms with Crippen molar-refractivity contribution in [2.24, 2.45) is 5.16 Å². The summed E-state index contributed by atoms with van der Waals surface area (Å²) in [6.45, 7) is -0.423. The third kappa shape index (κ3) is 5.10. The normalized spacial score (nSPS) is 15.5. The first-order valence-corrected chi connectivity index (χ1v) is 9.80. The predicted octanol–water partition coefficient (Wildman–Crippen LogP) is -0.970. The minimum atomic E-state index is -1.51. The van der Waals surface area contributed by atoms with Gasteiger partial charge in [-0.2, -0.15) is 0 Å². The maximum atomic E-state index is 12.8. The van der Waals surface area contributed by atoms with Crippen LogP contribution >= 0.6 is 11.3 Å². The number of hydrogen-bond donors (Lipinski definition) is 5. The van der Waals surface area contributed by atoms with E-state index in [1.807, 2.05) is 0 Å². The van der Waals surface area contributed by atoms with E-state index >= 15 is 0 Å². The molecule has 0 bridgehead atoms. The van der Waals surface area contributed by atoms with Crippen molar-refractivity contribution in [1.29, 1.82) is 0 Å². The Kier molecular flexibility index (Phi) is 6.72. The fourth-order valence-electron chi connectivity index (χ4n) is 2.78. The molecule has 0 unspecified atom stereocenters. The molecule has 14 heteroatoms. The molecule has 0 fully saturated rings. The second kappa shape index (κ2) is 9.44. The first-order chi connectivity index (χ1) is 14.8. The summed E-state index contributed by atoms with van der Waals surface area (Å²) < 4.78 is 5.36. The van der Waals surface area contributed by atoms with Crippen molar-refractivity contribution in [2.75, 3.05) is 19.4 Å². The molecule has 162 valence electrons. The van der Waals surface area contributed by atoms with Gasteiger partial charge in [0.2, 0.25) is 0 Å². The summed E-state index contributed by atoms with van der Waals surface area (Å²) in [6, 6.07) is 4.53. The van der Waals surface area contributed by atoms with Crippen molar-refractivity contribution < 1.29 is 34.0 Å². The molecule has 2 aromatic rings. The van der Waals surface area contributed by atoms with Gasteiger partial charge in [-0.05, 0) is 18.1 Å². The Bertz CT molecular complexity index is 1040. The fourth-order valence-corrected chi connectivity index (χ4v) is 3.33. The van der Waals surface area contributed by atoms with Crippen LogP contribution in [0.25, 0.3) is 0 Å². The van der Waals surface area contributed by atoms with E-state index in [9.17, 15) is 24.5 Å². The highest BCUT2D eigenvalue weighted by molar-refractivity contribution is 7.13. The molecule has 1 atom stereocenters. The number of nitrogens with two attached hydrogens (primary N) is 1. The van der Waals surface area contributed by atoms with Crippen LogP contribution in [0.5, 0.6) is 5.75 Å². The van der Waals surface area contributed by atoms with Crippen LogP contribution in [-0.4, -0.2) is 65.3 Å². The van der Waals surface area contributed by atoms with E-state index < -0.39 is 37.5 Å². The molecule has 3 rings (SSSR count). The number of nitrogens with zero attached hydrogens (tertiary/aromatic N) is 2. The number of fused-ring (bicyclic) bond motifs is 1. The average Bonchev–Trinajstić information content (AvgIpc) is 3.16. The second-order valence-electron chi connectivity index (χ2n) is 6.35. The summed E-state index contributed by atoms with van der Waals surface area (Å²) in [5, 5.41) is 29.9. The molecule has 1 aromatic carbocycles. The lowest BCUT2D eigenvalue weighted by atomic mass is 9.72. The molecular weight excluding hydrogens is 429 g/mol. The Morgan fingerprint density at radius 2 is 2.23 bits per heavy atom. The number of likely N-dealkylation sites (N-methyl/N-ethyl adjacent to an activating group) is 1. The zero-order chi connectivity index (χ0) is 22.5. The molecule has 0 spiro atoms. The monoisotopic (exact) mass is 447 g/mol. The van der Waals surface area contributed by atoms with Crippen molar-refractivity contribution in [1.82, 2.24) is 15.6 Å². The lowest BCUT2D eigenvalue weighted by Gasteiger charge is -2.28. The molecule has 0 saturated heterocycles. The van der Waals surface area contributed by atoms with Crippen molar-refractivity contribution >= 4 is 47.1 Å². The summed E-state index contributed by atoms with van der Waals surface area (Å²) in [5.41, 5.74) is 5.90. The molecule has 0 radical (unpaired) electrons. The van der Waals surface area contributed by atoms with Crippen molar-refractivity contribution in [3.8, 4) is 5.75 Å². The lowest BCUT2D eigenvalue weighted by Crippen LogP contribution is -2.54. The first-order valence-electron chi connectivity index (χ1n) is 8.92. The number of oxime groups is 1. The highest BCUT2D eigenvalue weighted by Crippen LogP contribution is 2.30. The van der Waals surface area contributed by atoms with E-state index in [1.54, 1.807) is 12.1 Å². The fraction of sp³-hybridized carbons (Fsp3) is 0.235. The van der Waals surface area contributed by atoms with Crippen LogP contribution in [-0.2, 0) is 20.8 Å². The van der Waals surface area contributed by atoms with Crippen LogP contribution in [0.2, 0.25) is 0 Å². The number of aromatic carboxylic acids is 1. The van der Waals surface area contributed by atoms with Gasteiger partial charge in [0, 0.05) is 12.4 Å². The van der Waals surface area contributed by atoms with Gasteiger partial charge < -0.3 is 36.0 Å². The number of thiazole rings is 1. The van der Waals surface area contributed by atoms with Crippen molar-refractivity contribution in [3.63, 3.8) is 0 Å². The van der Waals surface area contributed by atoms with Crippen molar-refractivity contribution in [2.45, 2.75) is 12.4 Å². The third-order valence-corrected chi connectivity index (χ3v) is 4.95. The number of amides is 2. The molecule has 6 N–H and O–H groups in total. The maximum absolute atomic E-state index is 12.8. The smallest absolute Gasteiger partial charge is 0.534 e. The number of carbonyl (C=O) groups excluding carboxylic acids is 2. The van der Waals surface area contributed by atoms with Gasteiger partial charge >= 0.3 is 13.1 Å². The highest BCUT2D eigenvalue weighted by atomic mass is 32.1. The standard InChI is InChI=1S/C17H18BN5O7S/c1-20-12(24)6-29-23-13(10-7-31-17(19)21-10)15(25)22-11-5-8-3-2-4-9(16(26)27)14(8)30-18(11)28/h2-4,7,11,28H,5-6H2,1H3,(H2,19,21)(H,20,24)(H,22,25)(H,26,27)/b23-13-/t11-/m0/s1. The molecule has 0 aliphatic carbocycles.